The molecule has 1 N–H and O–H groups in total. The Hall–Kier alpha value is -1.20. The van der Waals surface area contributed by atoms with Crippen LogP contribution in [0.2, 0.25) is 0 Å². The molecule has 1 aliphatic heterocycles. The van der Waals surface area contributed by atoms with E-state index in [2.05, 4.69) is 5.32 Å². The second kappa shape index (κ2) is 6.06. The molecule has 0 amide bonds. The lowest BCUT2D eigenvalue weighted by Crippen LogP contribution is -2.35. The first-order chi connectivity index (χ1) is 9.45. The second-order valence-corrected chi connectivity index (χ2v) is 7.56. The first-order valence-electron chi connectivity index (χ1n) is 7.04. The fraction of sp³-hybridized carbons (Fsp3) is 0.533. The van der Waals surface area contributed by atoms with Gasteiger partial charge in [-0.15, -0.1) is 0 Å². The van der Waals surface area contributed by atoms with Gasteiger partial charge in [0.05, 0.1) is 10.6 Å². The molecule has 1 fully saturated rings. The molecular weight excluding hydrogens is 274 g/mol. The number of sulfone groups is 1. The highest BCUT2D eigenvalue weighted by atomic mass is 32.2. The van der Waals surface area contributed by atoms with E-state index >= 15 is 0 Å². The number of piperidine rings is 1. The van der Waals surface area contributed by atoms with Gasteiger partial charge in [0.25, 0.3) is 0 Å². The van der Waals surface area contributed by atoms with Crippen LogP contribution >= 0.6 is 0 Å². The molecule has 20 heavy (non-hydrogen) atoms. The summed E-state index contributed by atoms with van der Waals surface area (Å²) in [7, 11) is -3.37. The molecule has 1 saturated heterocycles. The molecule has 0 radical (unpaired) electrons. The topological polar surface area (TPSA) is 63.2 Å². The van der Waals surface area contributed by atoms with Gasteiger partial charge < -0.3 is 5.32 Å². The van der Waals surface area contributed by atoms with Crippen LogP contribution in [0.25, 0.3) is 0 Å². The van der Waals surface area contributed by atoms with Crippen molar-refractivity contribution in [2.75, 3.05) is 18.8 Å². The number of hydrogen-bond acceptors (Lipinski definition) is 4. The maximum absolute atomic E-state index is 12.6. The fourth-order valence-corrected chi connectivity index (χ4v) is 3.64. The van der Waals surface area contributed by atoms with Crippen molar-refractivity contribution in [3.8, 4) is 0 Å². The third kappa shape index (κ3) is 3.10. The van der Waals surface area contributed by atoms with Gasteiger partial charge in [0, 0.05) is 18.0 Å². The minimum Gasteiger partial charge on any atom is -0.316 e. The predicted molar refractivity (Wildman–Crippen MR) is 78.8 cm³/mol. The summed E-state index contributed by atoms with van der Waals surface area (Å²) >= 11 is 0. The molecule has 4 nitrogen and oxygen atoms in total. The molecule has 1 aromatic carbocycles. The van der Waals surface area contributed by atoms with Crippen molar-refractivity contribution in [2.45, 2.75) is 31.6 Å². The van der Waals surface area contributed by atoms with Gasteiger partial charge in [-0.1, -0.05) is 18.6 Å². The zero-order valence-electron chi connectivity index (χ0n) is 12.0. The average Bonchev–Trinajstić information content (AvgIpc) is 2.47. The Morgan fingerprint density at radius 2 is 2.15 bits per heavy atom. The molecule has 1 aliphatic rings. The van der Waals surface area contributed by atoms with Crippen LogP contribution in [0.5, 0.6) is 0 Å². The minimum absolute atomic E-state index is 0.0132. The van der Waals surface area contributed by atoms with Crippen LogP contribution in [0.3, 0.4) is 0 Å². The summed E-state index contributed by atoms with van der Waals surface area (Å²) in [6.07, 6.45) is 1.78. The Morgan fingerprint density at radius 1 is 1.40 bits per heavy atom. The normalized spacial score (nSPS) is 19.8. The number of aryl methyl sites for hydroxylation is 1. The van der Waals surface area contributed by atoms with E-state index in [1.165, 1.54) is 0 Å². The highest BCUT2D eigenvalue weighted by Gasteiger charge is 2.27. The van der Waals surface area contributed by atoms with E-state index in [0.717, 1.165) is 24.9 Å². The Balaban J connectivity index is 2.44. The Morgan fingerprint density at radius 3 is 2.75 bits per heavy atom. The zero-order chi connectivity index (χ0) is 14.8. The standard InChI is InChI=1S/C15H21NO3S/c1-3-20(18,19)14-7-6-11(2)9-13(14)15(17)12-5-4-8-16-10-12/h6-7,9,12,16H,3-5,8,10H2,1-2H3. The van der Waals surface area contributed by atoms with Crippen molar-refractivity contribution in [1.29, 1.82) is 0 Å². The van der Waals surface area contributed by atoms with Gasteiger partial charge in [0.15, 0.2) is 15.6 Å². The molecule has 1 atom stereocenters. The SMILES string of the molecule is CCS(=O)(=O)c1ccc(C)cc1C(=O)C1CCCNC1. The first kappa shape index (κ1) is 15.2. The molecular formula is C15H21NO3S. The highest BCUT2D eigenvalue weighted by Crippen LogP contribution is 2.24. The lowest BCUT2D eigenvalue weighted by Gasteiger charge is -2.22. The number of rotatable bonds is 4. The number of carbonyl (C=O) groups excluding carboxylic acids is 1. The van der Waals surface area contributed by atoms with Crippen molar-refractivity contribution >= 4 is 15.6 Å². The van der Waals surface area contributed by atoms with Crippen LogP contribution in [0.4, 0.5) is 0 Å². The molecule has 1 heterocycles. The maximum atomic E-state index is 12.6. The molecule has 0 aromatic heterocycles. The summed E-state index contributed by atoms with van der Waals surface area (Å²) in [6.45, 7) is 5.04. The van der Waals surface area contributed by atoms with E-state index in [1.807, 2.05) is 6.92 Å². The number of benzene rings is 1. The smallest absolute Gasteiger partial charge is 0.178 e. The second-order valence-electron chi connectivity index (χ2n) is 5.31. The van der Waals surface area contributed by atoms with Crippen molar-refractivity contribution in [3.63, 3.8) is 0 Å². The zero-order valence-corrected chi connectivity index (χ0v) is 12.8. The van der Waals surface area contributed by atoms with E-state index in [-0.39, 0.29) is 22.3 Å². The molecule has 2 rings (SSSR count). The van der Waals surface area contributed by atoms with E-state index in [0.29, 0.717) is 12.1 Å². The Kier molecular flexibility index (Phi) is 4.60. The Bertz CT molecular complexity index is 602. The summed E-state index contributed by atoms with van der Waals surface area (Å²) < 4.78 is 24.3. The lowest BCUT2D eigenvalue weighted by atomic mass is 9.90. The molecule has 110 valence electrons. The van der Waals surface area contributed by atoms with Gasteiger partial charge in [-0.3, -0.25) is 4.79 Å². The monoisotopic (exact) mass is 295 g/mol. The van der Waals surface area contributed by atoms with E-state index in [4.69, 9.17) is 0 Å². The van der Waals surface area contributed by atoms with Gasteiger partial charge in [0.1, 0.15) is 0 Å². The van der Waals surface area contributed by atoms with Gasteiger partial charge in [-0.05, 0) is 38.4 Å². The van der Waals surface area contributed by atoms with Crippen LogP contribution in [0, 0.1) is 12.8 Å². The van der Waals surface area contributed by atoms with Crippen molar-refractivity contribution in [1.82, 2.24) is 5.32 Å². The largest absolute Gasteiger partial charge is 0.316 e. The number of ketones is 1. The highest BCUT2D eigenvalue weighted by molar-refractivity contribution is 7.91. The maximum Gasteiger partial charge on any atom is 0.178 e. The van der Waals surface area contributed by atoms with Gasteiger partial charge in [-0.25, -0.2) is 8.42 Å². The van der Waals surface area contributed by atoms with Gasteiger partial charge in [0.2, 0.25) is 0 Å². The van der Waals surface area contributed by atoms with Crippen molar-refractivity contribution in [3.05, 3.63) is 29.3 Å². The minimum atomic E-state index is -3.37. The number of carbonyl (C=O) groups is 1. The molecule has 0 saturated carbocycles. The van der Waals surface area contributed by atoms with Crippen molar-refractivity contribution < 1.29 is 13.2 Å². The van der Waals surface area contributed by atoms with E-state index < -0.39 is 9.84 Å². The van der Waals surface area contributed by atoms with Crippen LogP contribution < -0.4 is 5.32 Å². The third-order valence-electron chi connectivity index (χ3n) is 3.78. The quantitative estimate of drug-likeness (QED) is 0.863. The van der Waals surface area contributed by atoms with Gasteiger partial charge in [-0.2, -0.15) is 0 Å². The van der Waals surface area contributed by atoms with E-state index in [1.54, 1.807) is 25.1 Å². The summed E-state index contributed by atoms with van der Waals surface area (Å²) in [5.41, 5.74) is 1.27. The number of nitrogens with one attached hydrogen (secondary N) is 1. The first-order valence-corrected chi connectivity index (χ1v) is 8.69. The molecule has 1 aromatic rings. The molecule has 0 bridgehead atoms. The van der Waals surface area contributed by atoms with E-state index in [9.17, 15) is 13.2 Å². The molecule has 1 unspecified atom stereocenters. The fourth-order valence-electron chi connectivity index (χ4n) is 2.56. The van der Waals surface area contributed by atoms with Crippen molar-refractivity contribution in [2.24, 2.45) is 5.92 Å². The van der Waals surface area contributed by atoms with Crippen LogP contribution in [-0.2, 0) is 9.84 Å². The lowest BCUT2D eigenvalue weighted by molar-refractivity contribution is 0.0896. The third-order valence-corrected chi connectivity index (χ3v) is 5.57. The summed E-state index contributed by atoms with van der Waals surface area (Å²) in [5, 5.41) is 3.20. The summed E-state index contributed by atoms with van der Waals surface area (Å²) in [5.74, 6) is -0.150. The summed E-state index contributed by atoms with van der Waals surface area (Å²) in [4.78, 5) is 12.8. The molecule has 0 spiro atoms. The van der Waals surface area contributed by atoms with Gasteiger partial charge >= 0.3 is 0 Å². The summed E-state index contributed by atoms with van der Waals surface area (Å²) in [6, 6.07) is 5.02. The van der Waals surface area contributed by atoms with Crippen LogP contribution in [-0.4, -0.2) is 33.0 Å². The molecule has 5 heteroatoms. The Labute approximate surface area is 120 Å². The van der Waals surface area contributed by atoms with Crippen LogP contribution in [0.1, 0.15) is 35.7 Å². The van der Waals surface area contributed by atoms with Crippen LogP contribution in [0.15, 0.2) is 23.1 Å². The number of hydrogen-bond donors (Lipinski definition) is 1. The predicted octanol–water partition coefficient (Wildman–Crippen LogP) is 1.97. The number of Topliss-reactive ketones (excluding diaryl/α,β-unsaturated/α-hetero) is 1. The molecule has 0 aliphatic carbocycles. The average molecular weight is 295 g/mol.